The maximum Gasteiger partial charge on any atom is 0.258 e. The molecule has 0 saturated carbocycles. The van der Waals surface area contributed by atoms with Crippen LogP contribution in [0.3, 0.4) is 0 Å². The van der Waals surface area contributed by atoms with Crippen LogP contribution in [0.15, 0.2) is 48.5 Å². The summed E-state index contributed by atoms with van der Waals surface area (Å²) in [7, 11) is 0. The summed E-state index contributed by atoms with van der Waals surface area (Å²) in [6, 6.07) is 15.5. The van der Waals surface area contributed by atoms with Gasteiger partial charge in [0.2, 0.25) is 0 Å². The van der Waals surface area contributed by atoms with Crippen molar-refractivity contribution >= 4 is 5.91 Å². The zero-order valence-corrected chi connectivity index (χ0v) is 14.3. The lowest BCUT2D eigenvalue weighted by Crippen LogP contribution is -2.42. The van der Waals surface area contributed by atoms with Crippen molar-refractivity contribution in [2.75, 3.05) is 6.61 Å². The van der Waals surface area contributed by atoms with E-state index in [1.807, 2.05) is 69.3 Å². The van der Waals surface area contributed by atoms with Gasteiger partial charge in [-0.05, 0) is 38.5 Å². The highest BCUT2D eigenvalue weighted by molar-refractivity contribution is 5.78. The highest BCUT2D eigenvalue weighted by Gasteiger charge is 2.34. The molecule has 0 fully saturated rings. The molecule has 2 aromatic rings. The standard InChI is InChI=1S/C20H23NO3/c1-14-8-4-6-10-17(14)23-13-19(22)21-16-12-20(2,3)24-18-11-7-5-9-15(16)18/h4-11,16H,12-13H2,1-3H3,(H,21,22)/t16-/m1/s1. The predicted molar refractivity (Wildman–Crippen MR) is 93.3 cm³/mol. The van der Waals surface area contributed by atoms with E-state index in [0.717, 1.165) is 29.0 Å². The van der Waals surface area contributed by atoms with Gasteiger partial charge in [0.25, 0.3) is 5.91 Å². The molecule has 1 aliphatic heterocycles. The number of carbonyl (C=O) groups is 1. The van der Waals surface area contributed by atoms with Crippen LogP contribution in [0.25, 0.3) is 0 Å². The van der Waals surface area contributed by atoms with Gasteiger partial charge in [-0.1, -0.05) is 36.4 Å². The van der Waals surface area contributed by atoms with Crippen molar-refractivity contribution < 1.29 is 14.3 Å². The predicted octanol–water partition coefficient (Wildman–Crippen LogP) is 3.79. The Kier molecular flexibility index (Phi) is 4.47. The van der Waals surface area contributed by atoms with Crippen LogP contribution in [0.2, 0.25) is 0 Å². The van der Waals surface area contributed by atoms with Gasteiger partial charge in [0, 0.05) is 12.0 Å². The van der Waals surface area contributed by atoms with Gasteiger partial charge in [-0.25, -0.2) is 0 Å². The minimum Gasteiger partial charge on any atom is -0.487 e. The molecule has 1 amide bonds. The summed E-state index contributed by atoms with van der Waals surface area (Å²) >= 11 is 0. The number of nitrogens with one attached hydrogen (secondary N) is 1. The molecule has 4 nitrogen and oxygen atoms in total. The number of aryl methyl sites for hydroxylation is 1. The third-order valence-electron chi connectivity index (χ3n) is 4.16. The van der Waals surface area contributed by atoms with Crippen LogP contribution in [0, 0.1) is 6.92 Å². The Morgan fingerprint density at radius 3 is 2.71 bits per heavy atom. The molecule has 0 radical (unpaired) electrons. The first-order chi connectivity index (χ1) is 11.4. The van der Waals surface area contributed by atoms with Crippen molar-refractivity contribution in [2.24, 2.45) is 0 Å². The Morgan fingerprint density at radius 2 is 1.92 bits per heavy atom. The van der Waals surface area contributed by atoms with Crippen molar-refractivity contribution in [1.82, 2.24) is 5.32 Å². The number of amides is 1. The molecule has 126 valence electrons. The van der Waals surface area contributed by atoms with E-state index in [0.29, 0.717) is 0 Å². The van der Waals surface area contributed by atoms with Crippen molar-refractivity contribution in [3.05, 3.63) is 59.7 Å². The van der Waals surface area contributed by atoms with Gasteiger partial charge in [-0.2, -0.15) is 0 Å². The highest BCUT2D eigenvalue weighted by Crippen LogP contribution is 2.39. The number of carbonyl (C=O) groups excluding carboxylic acids is 1. The molecule has 0 saturated heterocycles. The van der Waals surface area contributed by atoms with Crippen LogP contribution >= 0.6 is 0 Å². The van der Waals surface area contributed by atoms with E-state index in [2.05, 4.69) is 5.32 Å². The van der Waals surface area contributed by atoms with Crippen LogP contribution in [-0.2, 0) is 4.79 Å². The molecule has 0 spiro atoms. The number of rotatable bonds is 4. The topological polar surface area (TPSA) is 47.6 Å². The van der Waals surface area contributed by atoms with E-state index >= 15 is 0 Å². The molecule has 1 heterocycles. The number of benzene rings is 2. The molecule has 3 rings (SSSR count). The minimum absolute atomic E-state index is 0.00477. The largest absolute Gasteiger partial charge is 0.487 e. The summed E-state index contributed by atoms with van der Waals surface area (Å²) < 4.78 is 11.6. The normalized spacial score (nSPS) is 18.2. The quantitative estimate of drug-likeness (QED) is 0.930. The second-order valence-electron chi connectivity index (χ2n) is 6.78. The van der Waals surface area contributed by atoms with E-state index < -0.39 is 0 Å². The first-order valence-corrected chi connectivity index (χ1v) is 8.20. The van der Waals surface area contributed by atoms with Crippen molar-refractivity contribution in [2.45, 2.75) is 38.8 Å². The average Bonchev–Trinajstić information content (AvgIpc) is 2.53. The molecule has 0 unspecified atom stereocenters. The summed E-state index contributed by atoms with van der Waals surface area (Å²) in [6.45, 7) is 6.03. The molecule has 1 atom stereocenters. The summed E-state index contributed by atoms with van der Waals surface area (Å²) in [5.41, 5.74) is 1.72. The first-order valence-electron chi connectivity index (χ1n) is 8.20. The Bertz CT molecular complexity index is 739. The monoisotopic (exact) mass is 325 g/mol. The molecule has 1 aliphatic rings. The van der Waals surface area contributed by atoms with Crippen molar-refractivity contribution in [3.8, 4) is 11.5 Å². The Labute approximate surface area is 142 Å². The Morgan fingerprint density at radius 1 is 1.21 bits per heavy atom. The fraction of sp³-hybridized carbons (Fsp3) is 0.350. The average molecular weight is 325 g/mol. The lowest BCUT2D eigenvalue weighted by atomic mass is 9.90. The Balaban J connectivity index is 1.67. The smallest absolute Gasteiger partial charge is 0.258 e. The summed E-state index contributed by atoms with van der Waals surface area (Å²) in [5.74, 6) is 1.44. The molecular formula is C20H23NO3. The van der Waals surface area contributed by atoms with Crippen LogP contribution < -0.4 is 14.8 Å². The lowest BCUT2D eigenvalue weighted by molar-refractivity contribution is -0.124. The lowest BCUT2D eigenvalue weighted by Gasteiger charge is -2.37. The van der Waals surface area contributed by atoms with E-state index in [1.165, 1.54) is 0 Å². The van der Waals surface area contributed by atoms with E-state index in [9.17, 15) is 4.79 Å². The van der Waals surface area contributed by atoms with Gasteiger partial charge >= 0.3 is 0 Å². The minimum atomic E-state index is -0.316. The molecule has 0 aliphatic carbocycles. The van der Waals surface area contributed by atoms with Crippen LogP contribution in [0.5, 0.6) is 11.5 Å². The second-order valence-corrected chi connectivity index (χ2v) is 6.78. The van der Waals surface area contributed by atoms with Gasteiger partial charge in [-0.15, -0.1) is 0 Å². The van der Waals surface area contributed by atoms with Crippen LogP contribution in [0.4, 0.5) is 0 Å². The third kappa shape index (κ3) is 3.70. The molecule has 0 bridgehead atoms. The summed E-state index contributed by atoms with van der Waals surface area (Å²) in [6.07, 6.45) is 0.722. The molecule has 24 heavy (non-hydrogen) atoms. The van der Waals surface area contributed by atoms with Gasteiger partial charge < -0.3 is 14.8 Å². The second kappa shape index (κ2) is 6.56. The van der Waals surface area contributed by atoms with Gasteiger partial charge in [0.15, 0.2) is 6.61 Å². The fourth-order valence-corrected chi connectivity index (χ4v) is 3.03. The van der Waals surface area contributed by atoms with Gasteiger partial charge in [0.1, 0.15) is 17.1 Å². The number of hydrogen-bond acceptors (Lipinski definition) is 3. The maximum atomic E-state index is 12.3. The first kappa shape index (κ1) is 16.4. The third-order valence-corrected chi connectivity index (χ3v) is 4.16. The molecule has 1 N–H and O–H groups in total. The van der Waals surface area contributed by atoms with E-state index in [4.69, 9.17) is 9.47 Å². The zero-order valence-electron chi connectivity index (χ0n) is 14.3. The van der Waals surface area contributed by atoms with Crippen molar-refractivity contribution in [1.29, 1.82) is 0 Å². The molecule has 0 aromatic heterocycles. The maximum absolute atomic E-state index is 12.3. The molecule has 2 aromatic carbocycles. The Hall–Kier alpha value is -2.49. The molecule has 4 heteroatoms. The van der Waals surface area contributed by atoms with Crippen LogP contribution in [0.1, 0.15) is 37.4 Å². The number of ether oxygens (including phenoxy) is 2. The fourth-order valence-electron chi connectivity index (χ4n) is 3.03. The van der Waals surface area contributed by atoms with Crippen LogP contribution in [-0.4, -0.2) is 18.1 Å². The van der Waals surface area contributed by atoms with E-state index in [-0.39, 0.29) is 24.2 Å². The number of para-hydroxylation sites is 2. The number of hydrogen-bond donors (Lipinski definition) is 1. The van der Waals surface area contributed by atoms with E-state index in [1.54, 1.807) is 0 Å². The van der Waals surface area contributed by atoms with Crippen molar-refractivity contribution in [3.63, 3.8) is 0 Å². The zero-order chi connectivity index (χ0) is 17.2. The SMILES string of the molecule is Cc1ccccc1OCC(=O)N[C@@H]1CC(C)(C)Oc2ccccc21. The summed E-state index contributed by atoms with van der Waals surface area (Å²) in [4.78, 5) is 12.3. The number of fused-ring (bicyclic) bond motifs is 1. The summed E-state index contributed by atoms with van der Waals surface area (Å²) in [5, 5.41) is 3.08. The van der Waals surface area contributed by atoms with Gasteiger partial charge in [-0.3, -0.25) is 4.79 Å². The van der Waals surface area contributed by atoms with Gasteiger partial charge in [0.05, 0.1) is 6.04 Å². The molecular weight excluding hydrogens is 302 g/mol. The highest BCUT2D eigenvalue weighted by atomic mass is 16.5.